The van der Waals surface area contributed by atoms with Crippen LogP contribution in [0.5, 0.6) is 5.75 Å². The average molecular weight is 347 g/mol. The molecule has 134 valence electrons. The van der Waals surface area contributed by atoms with Gasteiger partial charge in [-0.3, -0.25) is 4.98 Å². The van der Waals surface area contributed by atoms with E-state index in [0.29, 0.717) is 0 Å². The first-order chi connectivity index (χ1) is 12.8. The van der Waals surface area contributed by atoms with Gasteiger partial charge < -0.3 is 14.2 Å². The van der Waals surface area contributed by atoms with E-state index in [-0.39, 0.29) is 0 Å². The first kappa shape index (κ1) is 16.9. The highest BCUT2D eigenvalue weighted by Gasteiger charge is 2.15. The van der Waals surface area contributed by atoms with Crippen LogP contribution in [0.3, 0.4) is 0 Å². The number of benzene rings is 2. The summed E-state index contributed by atoms with van der Waals surface area (Å²) in [5, 5.41) is 3.61. The molecule has 0 aliphatic rings. The van der Waals surface area contributed by atoms with Crippen molar-refractivity contribution in [3.63, 3.8) is 0 Å². The fourth-order valence-corrected chi connectivity index (χ4v) is 3.84. The van der Waals surface area contributed by atoms with E-state index in [9.17, 15) is 0 Å². The number of hydrogen-bond acceptors (Lipinski definition) is 3. The minimum absolute atomic E-state index is 0.883. The van der Waals surface area contributed by atoms with Crippen molar-refractivity contribution in [1.29, 1.82) is 0 Å². The number of para-hydroxylation sites is 1. The van der Waals surface area contributed by atoms with Crippen LogP contribution in [-0.2, 0) is 6.54 Å². The number of ether oxygens (including phenoxy) is 1. The van der Waals surface area contributed by atoms with Gasteiger partial charge in [0.25, 0.3) is 0 Å². The Balaban J connectivity index is 1.99. The number of pyridine rings is 1. The summed E-state index contributed by atoms with van der Waals surface area (Å²) in [7, 11) is 1.72. The van der Waals surface area contributed by atoms with Crippen LogP contribution in [0.1, 0.15) is 13.8 Å². The molecule has 0 aliphatic carbocycles. The number of nitrogens with zero attached hydrogens (tertiary/aromatic N) is 3. The molecule has 0 atom stereocenters. The summed E-state index contributed by atoms with van der Waals surface area (Å²) in [6.07, 6.45) is 2.01. The largest absolute Gasteiger partial charge is 0.497 e. The number of methoxy groups -OCH3 is 1. The maximum atomic E-state index is 5.46. The van der Waals surface area contributed by atoms with Gasteiger partial charge in [-0.05, 0) is 37.4 Å². The first-order valence-electron chi connectivity index (χ1n) is 9.32. The van der Waals surface area contributed by atoms with Crippen molar-refractivity contribution in [2.45, 2.75) is 20.4 Å². The van der Waals surface area contributed by atoms with Crippen molar-refractivity contribution in [2.75, 3.05) is 26.7 Å². The molecule has 26 heavy (non-hydrogen) atoms. The van der Waals surface area contributed by atoms with Crippen LogP contribution in [0, 0.1) is 0 Å². The Bertz CT molecular complexity index is 1060. The summed E-state index contributed by atoms with van der Waals surface area (Å²) in [5.41, 5.74) is 3.55. The Kier molecular flexibility index (Phi) is 4.51. The normalized spacial score (nSPS) is 11.8. The predicted octanol–water partition coefficient (Wildman–Crippen LogP) is 4.69. The molecule has 0 N–H and O–H groups in total. The molecule has 0 fully saturated rings. The van der Waals surface area contributed by atoms with Gasteiger partial charge in [0.1, 0.15) is 5.75 Å². The third-order valence-electron chi connectivity index (χ3n) is 5.34. The van der Waals surface area contributed by atoms with Crippen LogP contribution in [0.4, 0.5) is 0 Å². The first-order valence-corrected chi connectivity index (χ1v) is 9.32. The van der Waals surface area contributed by atoms with Crippen molar-refractivity contribution >= 4 is 32.7 Å². The number of likely N-dealkylation sites (N-methyl/N-ethyl adjacent to an activating group) is 1. The lowest BCUT2D eigenvalue weighted by Crippen LogP contribution is -2.27. The fourth-order valence-electron chi connectivity index (χ4n) is 3.84. The second-order valence-corrected chi connectivity index (χ2v) is 6.60. The zero-order chi connectivity index (χ0) is 18.1. The summed E-state index contributed by atoms with van der Waals surface area (Å²) >= 11 is 0. The van der Waals surface area contributed by atoms with Gasteiger partial charge in [-0.15, -0.1) is 0 Å². The number of fused-ring (bicyclic) bond motifs is 5. The molecule has 2 heterocycles. The van der Waals surface area contributed by atoms with E-state index < -0.39 is 0 Å². The van der Waals surface area contributed by atoms with Gasteiger partial charge in [0.15, 0.2) is 0 Å². The molecule has 2 aromatic heterocycles. The molecular formula is C22H25N3O. The van der Waals surface area contributed by atoms with Crippen molar-refractivity contribution in [2.24, 2.45) is 0 Å². The highest BCUT2D eigenvalue weighted by atomic mass is 16.5. The molecule has 0 bridgehead atoms. The molecule has 0 unspecified atom stereocenters. The third kappa shape index (κ3) is 2.71. The smallest absolute Gasteiger partial charge is 0.119 e. The lowest BCUT2D eigenvalue weighted by Gasteiger charge is -2.19. The van der Waals surface area contributed by atoms with Crippen LogP contribution < -0.4 is 4.74 Å². The second kappa shape index (κ2) is 6.96. The fraction of sp³-hybridized carbons (Fsp3) is 0.318. The molecule has 2 aromatic carbocycles. The Morgan fingerprint density at radius 3 is 2.58 bits per heavy atom. The Hall–Kier alpha value is -2.59. The maximum absolute atomic E-state index is 5.46. The Labute approximate surface area is 154 Å². The minimum Gasteiger partial charge on any atom is -0.497 e. The Morgan fingerprint density at radius 1 is 1.00 bits per heavy atom. The summed E-state index contributed by atoms with van der Waals surface area (Å²) < 4.78 is 7.91. The molecule has 0 aliphatic heterocycles. The third-order valence-corrected chi connectivity index (χ3v) is 5.34. The second-order valence-electron chi connectivity index (χ2n) is 6.60. The minimum atomic E-state index is 0.883. The molecule has 4 rings (SSSR count). The molecular weight excluding hydrogens is 322 g/mol. The highest BCUT2D eigenvalue weighted by molar-refractivity contribution is 6.16. The summed E-state index contributed by atoms with van der Waals surface area (Å²) in [6.45, 7) is 8.59. The molecule has 0 saturated carbocycles. The van der Waals surface area contributed by atoms with Crippen molar-refractivity contribution < 1.29 is 4.74 Å². The van der Waals surface area contributed by atoms with Gasteiger partial charge in [0.05, 0.1) is 18.1 Å². The van der Waals surface area contributed by atoms with E-state index in [4.69, 9.17) is 9.72 Å². The zero-order valence-electron chi connectivity index (χ0n) is 15.7. The van der Waals surface area contributed by atoms with Crippen molar-refractivity contribution in [1.82, 2.24) is 14.5 Å². The predicted molar refractivity (Wildman–Crippen MR) is 109 cm³/mol. The van der Waals surface area contributed by atoms with E-state index in [1.807, 2.05) is 18.3 Å². The lowest BCUT2D eigenvalue weighted by atomic mass is 10.1. The lowest BCUT2D eigenvalue weighted by molar-refractivity contribution is 0.293. The van der Waals surface area contributed by atoms with Gasteiger partial charge in [-0.25, -0.2) is 0 Å². The summed E-state index contributed by atoms with van der Waals surface area (Å²) in [5.74, 6) is 0.883. The summed E-state index contributed by atoms with van der Waals surface area (Å²) in [4.78, 5) is 7.15. The molecule has 0 spiro atoms. The highest BCUT2D eigenvalue weighted by Crippen LogP contribution is 2.35. The van der Waals surface area contributed by atoms with Crippen LogP contribution >= 0.6 is 0 Å². The standard InChI is InChI=1S/C22H25N3O/c1-4-24(5-2)12-13-25-21-11-10-16(26-3)14-18(21)19-15-23-20-9-7-6-8-17(20)22(19)25/h6-11,14-15H,4-5,12-13H2,1-3H3. The van der Waals surface area contributed by atoms with E-state index in [2.05, 4.69) is 53.6 Å². The number of hydrogen-bond donors (Lipinski definition) is 0. The van der Waals surface area contributed by atoms with Gasteiger partial charge >= 0.3 is 0 Å². The number of rotatable bonds is 6. The average Bonchev–Trinajstić information content (AvgIpc) is 3.02. The van der Waals surface area contributed by atoms with Gasteiger partial charge in [0.2, 0.25) is 0 Å². The van der Waals surface area contributed by atoms with Crippen LogP contribution in [0.15, 0.2) is 48.7 Å². The van der Waals surface area contributed by atoms with Crippen molar-refractivity contribution in [3.05, 3.63) is 48.7 Å². The van der Waals surface area contributed by atoms with Crippen LogP contribution in [0.2, 0.25) is 0 Å². The van der Waals surface area contributed by atoms with Gasteiger partial charge in [-0.2, -0.15) is 0 Å². The van der Waals surface area contributed by atoms with Crippen LogP contribution in [0.25, 0.3) is 32.7 Å². The SMILES string of the molecule is CCN(CC)CCn1c2ccc(OC)cc2c2cnc3ccccc3c21. The number of aromatic nitrogens is 2. The molecule has 4 aromatic rings. The van der Waals surface area contributed by atoms with Crippen molar-refractivity contribution in [3.8, 4) is 5.75 Å². The quantitative estimate of drug-likeness (QED) is 0.507. The Morgan fingerprint density at radius 2 is 1.81 bits per heavy atom. The topological polar surface area (TPSA) is 30.3 Å². The molecule has 4 nitrogen and oxygen atoms in total. The molecule has 0 saturated heterocycles. The van der Waals surface area contributed by atoms with Crippen LogP contribution in [-0.4, -0.2) is 41.2 Å². The molecule has 0 amide bonds. The van der Waals surface area contributed by atoms with E-state index in [1.54, 1.807) is 7.11 Å². The van der Waals surface area contributed by atoms with E-state index in [1.165, 1.54) is 27.2 Å². The molecule has 4 heteroatoms. The summed E-state index contributed by atoms with van der Waals surface area (Å²) in [6, 6.07) is 14.7. The molecule has 0 radical (unpaired) electrons. The maximum Gasteiger partial charge on any atom is 0.119 e. The van der Waals surface area contributed by atoms with E-state index in [0.717, 1.165) is 37.4 Å². The zero-order valence-corrected chi connectivity index (χ0v) is 15.7. The van der Waals surface area contributed by atoms with Gasteiger partial charge in [0, 0.05) is 41.0 Å². The monoisotopic (exact) mass is 347 g/mol. The van der Waals surface area contributed by atoms with Gasteiger partial charge in [-0.1, -0.05) is 32.0 Å². The van der Waals surface area contributed by atoms with E-state index >= 15 is 0 Å².